The van der Waals surface area contributed by atoms with Crippen molar-refractivity contribution >= 4 is 18.7 Å². The Morgan fingerprint density at radius 2 is 1.89 bits per heavy atom. The number of likely N-dealkylation sites (tertiary alicyclic amines) is 1. The molecule has 2 aliphatic heterocycles. The van der Waals surface area contributed by atoms with Crippen LogP contribution in [0.2, 0.25) is 0 Å². The molecule has 7 nitrogen and oxygen atoms in total. The quantitative estimate of drug-likeness (QED) is 0.583. The van der Waals surface area contributed by atoms with Crippen LogP contribution in [-0.4, -0.2) is 58.8 Å². The van der Waals surface area contributed by atoms with Gasteiger partial charge >= 0.3 is 13.2 Å². The van der Waals surface area contributed by atoms with E-state index in [1.807, 2.05) is 44.8 Å². The first-order chi connectivity index (χ1) is 12.7. The molecular formula is C19H32BN3O4. The molecule has 1 amide bonds. The van der Waals surface area contributed by atoms with Crippen LogP contribution in [0.4, 0.5) is 4.79 Å². The summed E-state index contributed by atoms with van der Waals surface area (Å²) in [5.74, 6) is 0. The number of carbonyl (C=O) groups excluding carboxylic acids is 1. The molecule has 0 aromatic carbocycles. The summed E-state index contributed by atoms with van der Waals surface area (Å²) in [6.07, 6.45) is 7.33. The van der Waals surface area contributed by atoms with Crippen molar-refractivity contribution < 1.29 is 18.8 Å². The molecule has 0 N–H and O–H groups in total. The van der Waals surface area contributed by atoms with Gasteiger partial charge in [-0.1, -0.05) is 13.3 Å². The molecule has 27 heavy (non-hydrogen) atoms. The fraction of sp³-hybridized carbons (Fsp3) is 0.789. The monoisotopic (exact) mass is 377 g/mol. The fourth-order valence-corrected chi connectivity index (χ4v) is 3.36. The maximum Gasteiger partial charge on any atom is 0.498 e. The van der Waals surface area contributed by atoms with Crippen molar-refractivity contribution in [2.75, 3.05) is 19.7 Å². The molecule has 0 saturated carbocycles. The predicted molar refractivity (Wildman–Crippen MR) is 104 cm³/mol. The zero-order valence-electron chi connectivity index (χ0n) is 17.2. The van der Waals surface area contributed by atoms with E-state index in [0.29, 0.717) is 19.7 Å². The topological polar surface area (TPSA) is 65.8 Å². The Morgan fingerprint density at radius 1 is 1.26 bits per heavy atom. The van der Waals surface area contributed by atoms with Crippen molar-refractivity contribution in [3.05, 3.63) is 12.4 Å². The van der Waals surface area contributed by atoms with Gasteiger partial charge in [-0.15, -0.1) is 0 Å². The largest absolute Gasteiger partial charge is 0.498 e. The molecule has 0 spiro atoms. The summed E-state index contributed by atoms with van der Waals surface area (Å²) in [7, 11) is -0.391. The van der Waals surface area contributed by atoms with E-state index in [1.165, 1.54) is 0 Å². The lowest BCUT2D eigenvalue weighted by molar-refractivity contribution is 0.00578. The molecule has 2 aliphatic rings. The molecule has 8 heteroatoms. The fourth-order valence-electron chi connectivity index (χ4n) is 3.36. The third kappa shape index (κ3) is 4.32. The molecule has 0 aliphatic carbocycles. The third-order valence-electron chi connectivity index (χ3n) is 5.97. The van der Waals surface area contributed by atoms with Gasteiger partial charge in [0, 0.05) is 30.9 Å². The van der Waals surface area contributed by atoms with Crippen molar-refractivity contribution in [3.63, 3.8) is 0 Å². The van der Waals surface area contributed by atoms with Crippen LogP contribution < -0.4 is 5.46 Å². The van der Waals surface area contributed by atoms with Crippen molar-refractivity contribution in [2.45, 2.75) is 77.5 Å². The van der Waals surface area contributed by atoms with Crippen molar-refractivity contribution in [2.24, 2.45) is 0 Å². The van der Waals surface area contributed by atoms with Gasteiger partial charge in [0.25, 0.3) is 0 Å². The van der Waals surface area contributed by atoms with Crippen LogP contribution in [0.5, 0.6) is 0 Å². The maximum absolute atomic E-state index is 12.1. The van der Waals surface area contributed by atoms with Gasteiger partial charge in [-0.05, 0) is 47.0 Å². The number of hydrogen-bond donors (Lipinski definition) is 0. The number of ether oxygens (including phenoxy) is 1. The Balaban J connectivity index is 1.54. The van der Waals surface area contributed by atoms with Crippen molar-refractivity contribution in [1.29, 1.82) is 0 Å². The highest BCUT2D eigenvalue weighted by Gasteiger charge is 2.52. The van der Waals surface area contributed by atoms with Gasteiger partial charge in [-0.2, -0.15) is 5.10 Å². The Hall–Kier alpha value is -1.54. The zero-order chi connectivity index (χ0) is 19.7. The van der Waals surface area contributed by atoms with Gasteiger partial charge < -0.3 is 18.9 Å². The molecule has 3 heterocycles. The number of unbranched alkanes of at least 4 members (excludes halogenated alkanes) is 1. The highest BCUT2D eigenvalue weighted by atomic mass is 16.7. The van der Waals surface area contributed by atoms with Crippen LogP contribution in [0.3, 0.4) is 0 Å². The average molecular weight is 377 g/mol. The smallest absolute Gasteiger partial charge is 0.449 e. The van der Waals surface area contributed by atoms with E-state index in [2.05, 4.69) is 12.0 Å². The van der Waals surface area contributed by atoms with Gasteiger partial charge in [-0.25, -0.2) is 4.79 Å². The van der Waals surface area contributed by atoms with Crippen LogP contribution in [-0.2, 0) is 14.0 Å². The molecule has 2 fully saturated rings. The number of nitrogens with zero attached hydrogens (tertiary/aromatic N) is 3. The first-order valence-corrected chi connectivity index (χ1v) is 10.0. The Labute approximate surface area is 162 Å². The van der Waals surface area contributed by atoms with E-state index >= 15 is 0 Å². The Bertz CT molecular complexity index is 637. The molecule has 3 rings (SSSR count). The molecular weight excluding hydrogens is 345 g/mol. The summed E-state index contributed by atoms with van der Waals surface area (Å²) in [6.45, 7) is 12.2. The lowest BCUT2D eigenvalue weighted by Crippen LogP contribution is -2.41. The van der Waals surface area contributed by atoms with E-state index in [-0.39, 0.29) is 23.3 Å². The zero-order valence-corrected chi connectivity index (χ0v) is 17.2. The second-order valence-electron chi connectivity index (χ2n) is 8.53. The number of rotatable bonds is 5. The lowest BCUT2D eigenvalue weighted by atomic mass is 9.82. The van der Waals surface area contributed by atoms with Crippen LogP contribution in [0.15, 0.2) is 12.4 Å². The van der Waals surface area contributed by atoms with E-state index in [0.717, 1.165) is 31.1 Å². The van der Waals surface area contributed by atoms with Gasteiger partial charge in [0.05, 0.1) is 23.9 Å². The molecule has 1 aromatic rings. The SMILES string of the molecule is CCCCOC(=O)N1CCC(n2cc(B3OC(C)(C)C(C)(C)O3)cn2)CC1. The number of piperidine rings is 1. The minimum atomic E-state index is -0.391. The summed E-state index contributed by atoms with van der Waals surface area (Å²) >= 11 is 0. The van der Waals surface area contributed by atoms with E-state index < -0.39 is 7.12 Å². The summed E-state index contributed by atoms with van der Waals surface area (Å²) < 4.78 is 19.5. The minimum absolute atomic E-state index is 0.194. The molecule has 1 aromatic heterocycles. The van der Waals surface area contributed by atoms with Crippen LogP contribution in [0.25, 0.3) is 0 Å². The van der Waals surface area contributed by atoms with Gasteiger partial charge in [0.2, 0.25) is 0 Å². The standard InChI is InChI=1S/C19H32BN3O4/c1-6-7-12-25-17(24)22-10-8-16(9-11-22)23-14-15(13-21-23)20-26-18(2,3)19(4,5)27-20/h13-14,16H,6-12H2,1-5H3. The van der Waals surface area contributed by atoms with Crippen LogP contribution >= 0.6 is 0 Å². The van der Waals surface area contributed by atoms with E-state index in [4.69, 9.17) is 14.0 Å². The number of amides is 1. The normalized spacial score (nSPS) is 22.3. The van der Waals surface area contributed by atoms with E-state index in [9.17, 15) is 4.79 Å². The van der Waals surface area contributed by atoms with Gasteiger partial charge in [0.1, 0.15) is 0 Å². The van der Waals surface area contributed by atoms with Gasteiger partial charge in [-0.3, -0.25) is 4.68 Å². The molecule has 0 radical (unpaired) electrons. The number of hydrogen-bond acceptors (Lipinski definition) is 5. The van der Waals surface area contributed by atoms with Crippen LogP contribution in [0.1, 0.15) is 66.3 Å². The summed E-state index contributed by atoms with van der Waals surface area (Å²) in [5, 5.41) is 4.53. The molecule has 150 valence electrons. The van der Waals surface area contributed by atoms with E-state index in [1.54, 1.807) is 4.90 Å². The minimum Gasteiger partial charge on any atom is -0.449 e. The molecule has 0 atom stereocenters. The highest BCUT2D eigenvalue weighted by Crippen LogP contribution is 2.36. The first-order valence-electron chi connectivity index (χ1n) is 10.0. The summed E-state index contributed by atoms with van der Waals surface area (Å²) in [6, 6.07) is 0.279. The lowest BCUT2D eigenvalue weighted by Gasteiger charge is -2.32. The second-order valence-corrected chi connectivity index (χ2v) is 8.53. The molecule has 0 unspecified atom stereocenters. The Morgan fingerprint density at radius 3 is 2.48 bits per heavy atom. The summed E-state index contributed by atoms with van der Waals surface area (Å²) in [5.41, 5.74) is 0.224. The second kappa shape index (κ2) is 7.83. The van der Waals surface area contributed by atoms with Crippen molar-refractivity contribution in [3.8, 4) is 0 Å². The predicted octanol–water partition coefficient (Wildman–Crippen LogP) is 2.76. The Kier molecular flexibility index (Phi) is 5.86. The molecule has 0 bridgehead atoms. The molecule has 2 saturated heterocycles. The van der Waals surface area contributed by atoms with Crippen LogP contribution in [0, 0.1) is 0 Å². The third-order valence-corrected chi connectivity index (χ3v) is 5.97. The number of carbonyl (C=O) groups is 1. The highest BCUT2D eigenvalue weighted by molar-refractivity contribution is 6.62. The average Bonchev–Trinajstić information content (AvgIpc) is 3.18. The maximum atomic E-state index is 12.1. The number of aromatic nitrogens is 2. The van der Waals surface area contributed by atoms with Gasteiger partial charge in [0.15, 0.2) is 0 Å². The summed E-state index contributed by atoms with van der Waals surface area (Å²) in [4.78, 5) is 13.9. The first kappa shape index (κ1) is 20.2. The van der Waals surface area contributed by atoms with Crippen molar-refractivity contribution in [1.82, 2.24) is 14.7 Å².